The van der Waals surface area contributed by atoms with Crippen molar-refractivity contribution in [3.05, 3.63) is 0 Å². The normalized spacial score (nSPS) is 35.1. The molecule has 60 valence electrons. The summed E-state index contributed by atoms with van der Waals surface area (Å²) in [5, 5.41) is 0. The Morgan fingerprint density at radius 2 is 2.20 bits per heavy atom. The Labute approximate surface area is 71.3 Å². The van der Waals surface area contributed by atoms with Crippen LogP contribution in [0.2, 0.25) is 0 Å². The summed E-state index contributed by atoms with van der Waals surface area (Å²) in [6, 6.07) is 0. The highest BCUT2D eigenvalue weighted by molar-refractivity contribution is 9.09. The average molecular weight is 207 g/mol. The SMILES string of the molecule is CCC(C)OC1CC(Br)C1. The van der Waals surface area contributed by atoms with E-state index in [-0.39, 0.29) is 0 Å². The summed E-state index contributed by atoms with van der Waals surface area (Å²) in [6.07, 6.45) is 4.52. The lowest BCUT2D eigenvalue weighted by Crippen LogP contribution is -2.34. The molecule has 0 aromatic heterocycles. The minimum Gasteiger partial charge on any atom is -0.375 e. The first kappa shape index (κ1) is 8.54. The molecule has 1 saturated carbocycles. The third-order valence-corrected chi connectivity index (χ3v) is 2.78. The fraction of sp³-hybridized carbons (Fsp3) is 1.00. The zero-order valence-corrected chi connectivity index (χ0v) is 8.23. The van der Waals surface area contributed by atoms with Crippen LogP contribution >= 0.6 is 15.9 Å². The van der Waals surface area contributed by atoms with E-state index >= 15 is 0 Å². The summed E-state index contributed by atoms with van der Waals surface area (Å²) >= 11 is 3.53. The van der Waals surface area contributed by atoms with Crippen LogP contribution in [0.3, 0.4) is 0 Å². The van der Waals surface area contributed by atoms with Gasteiger partial charge in [-0.15, -0.1) is 0 Å². The summed E-state index contributed by atoms with van der Waals surface area (Å²) in [5.41, 5.74) is 0. The molecule has 0 spiro atoms. The van der Waals surface area contributed by atoms with Gasteiger partial charge in [-0.1, -0.05) is 22.9 Å². The Morgan fingerprint density at radius 3 is 2.60 bits per heavy atom. The maximum absolute atomic E-state index is 5.68. The minimum absolute atomic E-state index is 0.449. The molecule has 1 nitrogen and oxygen atoms in total. The van der Waals surface area contributed by atoms with Crippen LogP contribution in [0.5, 0.6) is 0 Å². The minimum atomic E-state index is 0.449. The van der Waals surface area contributed by atoms with Gasteiger partial charge in [0, 0.05) is 4.83 Å². The Balaban J connectivity index is 2.04. The second kappa shape index (κ2) is 3.72. The van der Waals surface area contributed by atoms with Gasteiger partial charge in [-0.3, -0.25) is 0 Å². The number of hydrogen-bond acceptors (Lipinski definition) is 1. The van der Waals surface area contributed by atoms with E-state index < -0.39 is 0 Å². The van der Waals surface area contributed by atoms with Crippen LogP contribution in [0.25, 0.3) is 0 Å². The van der Waals surface area contributed by atoms with Gasteiger partial charge < -0.3 is 4.74 Å². The lowest BCUT2D eigenvalue weighted by molar-refractivity contribution is -0.0400. The first-order valence-electron chi connectivity index (χ1n) is 4.02. The van der Waals surface area contributed by atoms with Crippen molar-refractivity contribution in [2.75, 3.05) is 0 Å². The molecular formula is C8H15BrO. The third-order valence-electron chi connectivity index (χ3n) is 2.04. The largest absolute Gasteiger partial charge is 0.375 e. The maximum atomic E-state index is 5.68. The topological polar surface area (TPSA) is 9.23 Å². The van der Waals surface area contributed by atoms with Crippen LogP contribution in [0, 0.1) is 0 Å². The Kier molecular flexibility index (Phi) is 3.18. The number of halogens is 1. The monoisotopic (exact) mass is 206 g/mol. The predicted molar refractivity (Wildman–Crippen MR) is 46.6 cm³/mol. The van der Waals surface area contributed by atoms with Crippen LogP contribution in [0.1, 0.15) is 33.1 Å². The number of rotatable bonds is 3. The summed E-state index contributed by atoms with van der Waals surface area (Å²) in [6.45, 7) is 4.30. The Hall–Kier alpha value is 0.440. The molecule has 1 aliphatic carbocycles. The molecule has 1 unspecified atom stereocenters. The molecule has 0 bridgehead atoms. The van der Waals surface area contributed by atoms with Crippen molar-refractivity contribution < 1.29 is 4.74 Å². The molecule has 0 aromatic rings. The molecule has 1 aliphatic rings. The van der Waals surface area contributed by atoms with Crippen LogP contribution in [0.4, 0.5) is 0 Å². The van der Waals surface area contributed by atoms with Gasteiger partial charge in [0.05, 0.1) is 12.2 Å². The van der Waals surface area contributed by atoms with E-state index in [9.17, 15) is 0 Å². The van der Waals surface area contributed by atoms with E-state index in [1.807, 2.05) is 0 Å². The van der Waals surface area contributed by atoms with Gasteiger partial charge >= 0.3 is 0 Å². The van der Waals surface area contributed by atoms with Crippen LogP contribution in [-0.4, -0.2) is 17.0 Å². The molecule has 0 saturated heterocycles. The predicted octanol–water partition coefficient (Wildman–Crippen LogP) is 2.73. The molecule has 0 radical (unpaired) electrons. The lowest BCUT2D eigenvalue weighted by Gasteiger charge is -2.33. The fourth-order valence-corrected chi connectivity index (χ4v) is 1.87. The molecule has 1 rings (SSSR count). The molecule has 10 heavy (non-hydrogen) atoms. The van der Waals surface area contributed by atoms with Gasteiger partial charge in [-0.2, -0.15) is 0 Å². The molecule has 0 amide bonds. The highest BCUT2D eigenvalue weighted by Gasteiger charge is 2.28. The zero-order valence-electron chi connectivity index (χ0n) is 6.64. The zero-order chi connectivity index (χ0) is 7.56. The highest BCUT2D eigenvalue weighted by atomic mass is 79.9. The van der Waals surface area contributed by atoms with Gasteiger partial charge in [-0.25, -0.2) is 0 Å². The van der Waals surface area contributed by atoms with Gasteiger partial charge in [0.1, 0.15) is 0 Å². The molecule has 0 aliphatic heterocycles. The van der Waals surface area contributed by atoms with Gasteiger partial charge in [0.15, 0.2) is 0 Å². The second-order valence-electron chi connectivity index (χ2n) is 3.05. The summed E-state index contributed by atoms with van der Waals surface area (Å²) in [4.78, 5) is 0.724. The Morgan fingerprint density at radius 1 is 1.60 bits per heavy atom. The third kappa shape index (κ3) is 2.24. The average Bonchev–Trinajstić information content (AvgIpc) is 1.84. The van der Waals surface area contributed by atoms with Crippen LogP contribution in [0.15, 0.2) is 0 Å². The van der Waals surface area contributed by atoms with E-state index in [0.29, 0.717) is 12.2 Å². The quantitative estimate of drug-likeness (QED) is 0.646. The number of alkyl halides is 1. The lowest BCUT2D eigenvalue weighted by atomic mass is 9.96. The first-order valence-corrected chi connectivity index (χ1v) is 4.93. The highest BCUT2D eigenvalue weighted by Crippen LogP contribution is 2.30. The molecular weight excluding hydrogens is 192 g/mol. The summed E-state index contributed by atoms with van der Waals surface area (Å²) in [7, 11) is 0. The van der Waals surface area contributed by atoms with Gasteiger partial charge in [0.2, 0.25) is 0 Å². The van der Waals surface area contributed by atoms with E-state index in [0.717, 1.165) is 11.2 Å². The smallest absolute Gasteiger partial charge is 0.0600 e. The van der Waals surface area contributed by atoms with E-state index in [1.54, 1.807) is 0 Å². The van der Waals surface area contributed by atoms with E-state index in [1.165, 1.54) is 12.8 Å². The molecule has 1 fully saturated rings. The fourth-order valence-electron chi connectivity index (χ4n) is 1.04. The van der Waals surface area contributed by atoms with Crippen molar-refractivity contribution in [3.8, 4) is 0 Å². The molecule has 0 heterocycles. The van der Waals surface area contributed by atoms with Crippen molar-refractivity contribution >= 4 is 15.9 Å². The van der Waals surface area contributed by atoms with Crippen LogP contribution in [-0.2, 0) is 4.74 Å². The molecule has 0 aromatic carbocycles. The Bertz CT molecular complexity index is 99.4. The van der Waals surface area contributed by atoms with E-state index in [4.69, 9.17) is 4.74 Å². The van der Waals surface area contributed by atoms with Crippen molar-refractivity contribution in [2.24, 2.45) is 0 Å². The second-order valence-corrected chi connectivity index (χ2v) is 4.34. The van der Waals surface area contributed by atoms with Gasteiger partial charge in [-0.05, 0) is 26.2 Å². The summed E-state index contributed by atoms with van der Waals surface area (Å²) < 4.78 is 5.68. The van der Waals surface area contributed by atoms with Crippen LogP contribution < -0.4 is 0 Å². The number of ether oxygens (including phenoxy) is 1. The van der Waals surface area contributed by atoms with Crippen molar-refractivity contribution in [1.29, 1.82) is 0 Å². The first-order chi connectivity index (χ1) is 4.72. The standard InChI is InChI=1S/C8H15BrO/c1-3-6(2)10-8-4-7(9)5-8/h6-8H,3-5H2,1-2H3. The van der Waals surface area contributed by atoms with E-state index in [2.05, 4.69) is 29.8 Å². The summed E-state index contributed by atoms with van der Waals surface area (Å²) in [5.74, 6) is 0. The maximum Gasteiger partial charge on any atom is 0.0600 e. The van der Waals surface area contributed by atoms with Gasteiger partial charge in [0.25, 0.3) is 0 Å². The molecule has 0 N–H and O–H groups in total. The van der Waals surface area contributed by atoms with Crippen molar-refractivity contribution in [2.45, 2.75) is 50.1 Å². The number of hydrogen-bond donors (Lipinski definition) is 0. The molecule has 2 heteroatoms. The van der Waals surface area contributed by atoms with Crippen molar-refractivity contribution in [1.82, 2.24) is 0 Å². The molecule has 1 atom stereocenters. The van der Waals surface area contributed by atoms with Crippen molar-refractivity contribution in [3.63, 3.8) is 0 Å².